The number of nitrogens with one attached hydrogen (secondary N) is 1. The van der Waals surface area contributed by atoms with Crippen molar-refractivity contribution in [3.8, 4) is 0 Å². The van der Waals surface area contributed by atoms with Gasteiger partial charge < -0.3 is 15.0 Å². The van der Waals surface area contributed by atoms with Gasteiger partial charge in [0.05, 0.1) is 5.56 Å². The molecule has 1 aromatic heterocycles. The summed E-state index contributed by atoms with van der Waals surface area (Å²) in [7, 11) is 0. The fraction of sp³-hybridized carbons (Fsp3) is 0.235. The van der Waals surface area contributed by atoms with Gasteiger partial charge in [0, 0.05) is 18.8 Å². The second-order valence-electron chi connectivity index (χ2n) is 5.13. The predicted molar refractivity (Wildman–Crippen MR) is 85.4 cm³/mol. The molecule has 0 aliphatic rings. The molecule has 1 amide bonds. The van der Waals surface area contributed by atoms with E-state index in [0.29, 0.717) is 6.54 Å². The summed E-state index contributed by atoms with van der Waals surface area (Å²) in [5.74, 6) is -1.45. The van der Waals surface area contributed by atoms with Crippen LogP contribution < -0.4 is 10.9 Å². The van der Waals surface area contributed by atoms with Crippen molar-refractivity contribution < 1.29 is 14.7 Å². The molecular formula is C17H18N2O4. The van der Waals surface area contributed by atoms with Crippen molar-refractivity contribution in [2.45, 2.75) is 19.4 Å². The van der Waals surface area contributed by atoms with Crippen molar-refractivity contribution in [1.29, 1.82) is 0 Å². The Morgan fingerprint density at radius 3 is 2.52 bits per heavy atom. The number of carboxylic acid groups (broad SMARTS) is 1. The highest BCUT2D eigenvalue weighted by Crippen LogP contribution is 2.01. The fourth-order valence-corrected chi connectivity index (χ4v) is 2.16. The summed E-state index contributed by atoms with van der Waals surface area (Å²) in [6.07, 6.45) is 2.82. The Morgan fingerprint density at radius 2 is 1.83 bits per heavy atom. The van der Waals surface area contributed by atoms with E-state index in [1.165, 1.54) is 17.8 Å². The highest BCUT2D eigenvalue weighted by molar-refractivity contribution is 5.87. The number of nitrogens with zero attached hydrogens (tertiary/aromatic N) is 1. The van der Waals surface area contributed by atoms with Crippen LogP contribution in [0.4, 0.5) is 0 Å². The number of carboxylic acids is 1. The van der Waals surface area contributed by atoms with Crippen LogP contribution in [0.5, 0.6) is 0 Å². The van der Waals surface area contributed by atoms with Gasteiger partial charge in [-0.05, 0) is 24.5 Å². The summed E-state index contributed by atoms with van der Waals surface area (Å²) in [6, 6.07) is 12.3. The van der Waals surface area contributed by atoms with E-state index in [0.717, 1.165) is 23.5 Å². The minimum Gasteiger partial charge on any atom is -0.478 e. The van der Waals surface area contributed by atoms with Gasteiger partial charge in [-0.3, -0.25) is 9.59 Å². The summed E-state index contributed by atoms with van der Waals surface area (Å²) in [5, 5.41) is 11.6. The first-order chi connectivity index (χ1) is 11.1. The van der Waals surface area contributed by atoms with Gasteiger partial charge >= 0.3 is 5.97 Å². The summed E-state index contributed by atoms with van der Waals surface area (Å²) in [4.78, 5) is 34.4. The van der Waals surface area contributed by atoms with E-state index in [2.05, 4.69) is 5.32 Å². The van der Waals surface area contributed by atoms with Crippen molar-refractivity contribution in [3.05, 3.63) is 70.1 Å². The zero-order valence-corrected chi connectivity index (χ0v) is 12.6. The zero-order chi connectivity index (χ0) is 16.7. The molecule has 2 rings (SSSR count). The number of carbonyl (C=O) groups is 2. The molecule has 1 heterocycles. The highest BCUT2D eigenvalue weighted by atomic mass is 16.4. The highest BCUT2D eigenvalue weighted by Gasteiger charge is 2.08. The topological polar surface area (TPSA) is 88.4 Å². The van der Waals surface area contributed by atoms with Gasteiger partial charge in [0.2, 0.25) is 5.91 Å². The Morgan fingerprint density at radius 1 is 1.09 bits per heavy atom. The van der Waals surface area contributed by atoms with Crippen LogP contribution in [-0.2, 0) is 17.8 Å². The number of aromatic nitrogens is 1. The minimum atomic E-state index is -1.14. The number of aryl methyl sites for hydroxylation is 1. The second-order valence-corrected chi connectivity index (χ2v) is 5.13. The van der Waals surface area contributed by atoms with E-state index in [1.54, 1.807) is 0 Å². The maximum absolute atomic E-state index is 11.8. The van der Waals surface area contributed by atoms with Gasteiger partial charge in [-0.15, -0.1) is 0 Å². The third-order valence-corrected chi connectivity index (χ3v) is 3.35. The Kier molecular flexibility index (Phi) is 5.68. The molecule has 0 unspecified atom stereocenters. The summed E-state index contributed by atoms with van der Waals surface area (Å²) >= 11 is 0. The number of rotatable bonds is 7. The van der Waals surface area contributed by atoms with E-state index in [-0.39, 0.29) is 18.0 Å². The molecule has 0 spiro atoms. The number of hydrogen-bond donors (Lipinski definition) is 2. The minimum absolute atomic E-state index is 0.0264. The van der Waals surface area contributed by atoms with Crippen molar-refractivity contribution in [1.82, 2.24) is 9.88 Å². The maximum atomic E-state index is 11.8. The SMILES string of the molecule is O=C(Cn1cc(C(=O)O)ccc1=O)NCCCc1ccccc1. The largest absolute Gasteiger partial charge is 0.478 e. The fourth-order valence-electron chi connectivity index (χ4n) is 2.16. The van der Waals surface area contributed by atoms with Gasteiger partial charge in [-0.25, -0.2) is 4.79 Å². The van der Waals surface area contributed by atoms with E-state index in [4.69, 9.17) is 5.11 Å². The van der Waals surface area contributed by atoms with E-state index in [1.807, 2.05) is 30.3 Å². The number of carbonyl (C=O) groups excluding carboxylic acids is 1. The first-order valence-corrected chi connectivity index (χ1v) is 7.30. The number of benzene rings is 1. The van der Waals surface area contributed by atoms with Crippen molar-refractivity contribution in [3.63, 3.8) is 0 Å². The molecular weight excluding hydrogens is 296 g/mol. The first-order valence-electron chi connectivity index (χ1n) is 7.30. The molecule has 6 nitrogen and oxygen atoms in total. The average Bonchev–Trinajstić information content (AvgIpc) is 2.54. The second kappa shape index (κ2) is 7.93. The molecule has 0 radical (unpaired) electrons. The van der Waals surface area contributed by atoms with Crippen molar-refractivity contribution in [2.24, 2.45) is 0 Å². The normalized spacial score (nSPS) is 10.3. The third-order valence-electron chi connectivity index (χ3n) is 3.35. The predicted octanol–water partition coefficient (Wildman–Crippen LogP) is 1.30. The van der Waals surface area contributed by atoms with Crippen LogP contribution in [0, 0.1) is 0 Å². The van der Waals surface area contributed by atoms with Crippen molar-refractivity contribution in [2.75, 3.05) is 6.54 Å². The average molecular weight is 314 g/mol. The molecule has 0 saturated heterocycles. The van der Waals surface area contributed by atoms with Crippen LogP contribution in [0.15, 0.2) is 53.5 Å². The smallest absolute Gasteiger partial charge is 0.337 e. The number of amides is 1. The van der Waals surface area contributed by atoms with Crippen LogP contribution >= 0.6 is 0 Å². The molecule has 23 heavy (non-hydrogen) atoms. The standard InChI is InChI=1S/C17H18N2O4/c20-15(18-10-4-7-13-5-2-1-3-6-13)12-19-11-14(17(22)23)8-9-16(19)21/h1-3,5-6,8-9,11H,4,7,10,12H2,(H,18,20)(H,22,23). The molecule has 2 N–H and O–H groups in total. The maximum Gasteiger partial charge on any atom is 0.337 e. The van der Waals surface area contributed by atoms with E-state index >= 15 is 0 Å². The van der Waals surface area contributed by atoms with Crippen LogP contribution in [0.1, 0.15) is 22.3 Å². The molecule has 1 aromatic carbocycles. The molecule has 2 aromatic rings. The monoisotopic (exact) mass is 314 g/mol. The number of pyridine rings is 1. The van der Waals surface area contributed by atoms with E-state index in [9.17, 15) is 14.4 Å². The lowest BCUT2D eigenvalue weighted by Gasteiger charge is -2.08. The summed E-state index contributed by atoms with van der Waals surface area (Å²) in [6.45, 7) is 0.312. The lowest BCUT2D eigenvalue weighted by Crippen LogP contribution is -2.33. The molecule has 0 aliphatic carbocycles. The number of aromatic carboxylic acids is 1. The Hall–Kier alpha value is -2.89. The van der Waals surface area contributed by atoms with Gasteiger partial charge in [-0.2, -0.15) is 0 Å². The first kappa shape index (κ1) is 16.5. The quantitative estimate of drug-likeness (QED) is 0.754. The summed E-state index contributed by atoms with van der Waals surface area (Å²) < 4.78 is 1.09. The molecule has 6 heteroatoms. The van der Waals surface area contributed by atoms with Crippen molar-refractivity contribution >= 4 is 11.9 Å². The molecule has 0 bridgehead atoms. The lowest BCUT2D eigenvalue weighted by molar-refractivity contribution is -0.121. The van der Waals surface area contributed by atoms with Crippen LogP contribution in [0.25, 0.3) is 0 Å². The van der Waals surface area contributed by atoms with Gasteiger partial charge in [0.1, 0.15) is 6.54 Å². The summed E-state index contributed by atoms with van der Waals surface area (Å²) in [5.41, 5.74) is 0.767. The Balaban J connectivity index is 1.82. The lowest BCUT2D eigenvalue weighted by atomic mass is 10.1. The zero-order valence-electron chi connectivity index (χ0n) is 12.6. The van der Waals surface area contributed by atoms with Crippen LogP contribution in [-0.4, -0.2) is 28.1 Å². The molecule has 0 aliphatic heterocycles. The van der Waals surface area contributed by atoms with Gasteiger partial charge in [0.25, 0.3) is 5.56 Å². The number of hydrogen-bond acceptors (Lipinski definition) is 3. The molecule has 120 valence electrons. The van der Waals surface area contributed by atoms with Crippen LogP contribution in [0.3, 0.4) is 0 Å². The Labute approximate surface area is 133 Å². The third kappa shape index (κ3) is 5.10. The van der Waals surface area contributed by atoms with Gasteiger partial charge in [0.15, 0.2) is 0 Å². The molecule has 0 atom stereocenters. The Bertz CT molecular complexity index is 738. The van der Waals surface area contributed by atoms with Gasteiger partial charge in [-0.1, -0.05) is 30.3 Å². The van der Waals surface area contributed by atoms with Crippen LogP contribution in [0.2, 0.25) is 0 Å². The molecule has 0 saturated carbocycles. The molecule has 0 fully saturated rings. The van der Waals surface area contributed by atoms with E-state index < -0.39 is 11.5 Å².